The molecular weight excluding hydrogens is 486 g/mol. The molecule has 0 saturated heterocycles. The molecule has 0 fully saturated rings. The van der Waals surface area contributed by atoms with Gasteiger partial charge in [0.25, 0.3) is 5.91 Å². The van der Waals surface area contributed by atoms with E-state index in [2.05, 4.69) is 16.4 Å². The molecule has 0 bridgehead atoms. The SMILES string of the molecule is COc1cccc(-c2[nH]c3ccccc3c2[C@H]2c3ccccc3C(=O)N2CC(=O)NCCc2ccccc2)c1. The van der Waals surface area contributed by atoms with Crippen molar-refractivity contribution in [1.82, 2.24) is 15.2 Å². The van der Waals surface area contributed by atoms with Gasteiger partial charge in [0.15, 0.2) is 0 Å². The molecule has 2 amide bonds. The van der Waals surface area contributed by atoms with E-state index in [1.54, 1.807) is 12.0 Å². The molecule has 0 unspecified atom stereocenters. The number of hydrogen-bond donors (Lipinski definition) is 2. The predicted molar refractivity (Wildman–Crippen MR) is 153 cm³/mol. The number of nitrogens with zero attached hydrogens (tertiary/aromatic N) is 1. The number of carbonyl (C=O) groups excluding carboxylic acids is 2. The van der Waals surface area contributed by atoms with E-state index in [0.717, 1.165) is 51.0 Å². The van der Waals surface area contributed by atoms with Gasteiger partial charge >= 0.3 is 0 Å². The number of para-hydroxylation sites is 1. The van der Waals surface area contributed by atoms with Crippen LogP contribution in [0.15, 0.2) is 103 Å². The standard InChI is InChI=1S/C33H29N3O3/c1-39-24-13-9-12-23(20-24)31-30(27-16-7-8-17-28(27)35-31)32-25-14-5-6-15-26(25)33(38)36(32)21-29(37)34-19-18-22-10-3-2-4-11-22/h2-17,20,32,35H,18-19,21H2,1H3,(H,34,37)/t32-/m1/s1. The van der Waals surface area contributed by atoms with Crippen LogP contribution in [0.5, 0.6) is 5.75 Å². The van der Waals surface area contributed by atoms with Gasteiger partial charge in [0.05, 0.1) is 18.8 Å². The average molecular weight is 516 g/mol. The molecule has 6 nitrogen and oxygen atoms in total. The lowest BCUT2D eigenvalue weighted by Crippen LogP contribution is -2.40. The Hall–Kier alpha value is -4.84. The summed E-state index contributed by atoms with van der Waals surface area (Å²) in [5.74, 6) is 0.421. The number of ether oxygens (including phenoxy) is 1. The van der Waals surface area contributed by atoms with Crippen molar-refractivity contribution in [1.29, 1.82) is 0 Å². The number of methoxy groups -OCH3 is 1. The summed E-state index contributed by atoms with van der Waals surface area (Å²) in [6, 6.07) is 33.2. The Bertz CT molecular complexity index is 1660. The second-order valence-corrected chi connectivity index (χ2v) is 9.70. The van der Waals surface area contributed by atoms with Crippen molar-refractivity contribution < 1.29 is 14.3 Å². The number of nitrogens with one attached hydrogen (secondary N) is 2. The van der Waals surface area contributed by atoms with Gasteiger partial charge in [-0.2, -0.15) is 0 Å². The minimum Gasteiger partial charge on any atom is -0.497 e. The summed E-state index contributed by atoms with van der Waals surface area (Å²) in [5.41, 5.74) is 6.46. The Balaban J connectivity index is 1.39. The first kappa shape index (κ1) is 24.5. The van der Waals surface area contributed by atoms with E-state index in [9.17, 15) is 9.59 Å². The summed E-state index contributed by atoms with van der Waals surface area (Å²) in [4.78, 5) is 32.2. The minimum atomic E-state index is -0.425. The third-order valence-electron chi connectivity index (χ3n) is 7.33. The molecule has 1 atom stereocenters. The molecule has 2 heterocycles. The van der Waals surface area contributed by atoms with Crippen LogP contribution in [0, 0.1) is 0 Å². The third-order valence-corrected chi connectivity index (χ3v) is 7.33. The number of aromatic amines is 1. The number of amides is 2. The van der Waals surface area contributed by atoms with E-state index in [-0.39, 0.29) is 18.4 Å². The minimum absolute atomic E-state index is 0.0377. The van der Waals surface area contributed by atoms with Gasteiger partial charge in [0, 0.05) is 34.1 Å². The molecule has 2 N–H and O–H groups in total. The number of fused-ring (bicyclic) bond motifs is 2. The number of benzene rings is 4. The van der Waals surface area contributed by atoms with Crippen LogP contribution in [-0.4, -0.2) is 41.9 Å². The normalized spacial score (nSPS) is 14.4. The maximum absolute atomic E-state index is 13.7. The summed E-state index contributed by atoms with van der Waals surface area (Å²) >= 11 is 0. The Morgan fingerprint density at radius 2 is 1.69 bits per heavy atom. The van der Waals surface area contributed by atoms with Crippen molar-refractivity contribution in [3.8, 4) is 17.0 Å². The fourth-order valence-electron chi connectivity index (χ4n) is 5.50. The summed E-state index contributed by atoms with van der Waals surface area (Å²) < 4.78 is 5.50. The Morgan fingerprint density at radius 1 is 0.923 bits per heavy atom. The van der Waals surface area contributed by atoms with Crippen molar-refractivity contribution in [2.45, 2.75) is 12.5 Å². The molecule has 0 saturated carbocycles. The zero-order valence-electron chi connectivity index (χ0n) is 21.7. The highest BCUT2D eigenvalue weighted by atomic mass is 16.5. The number of H-pyrrole nitrogens is 1. The third kappa shape index (κ3) is 4.66. The molecule has 1 aromatic heterocycles. The lowest BCUT2D eigenvalue weighted by molar-refractivity contribution is -0.122. The van der Waals surface area contributed by atoms with Crippen LogP contribution in [-0.2, 0) is 11.2 Å². The molecule has 0 aliphatic carbocycles. The quantitative estimate of drug-likeness (QED) is 0.276. The molecule has 39 heavy (non-hydrogen) atoms. The Kier molecular flexibility index (Phi) is 6.59. The smallest absolute Gasteiger partial charge is 0.255 e. The van der Waals surface area contributed by atoms with Crippen LogP contribution >= 0.6 is 0 Å². The molecule has 6 heteroatoms. The van der Waals surface area contributed by atoms with Gasteiger partial charge in [-0.3, -0.25) is 9.59 Å². The van der Waals surface area contributed by atoms with E-state index in [4.69, 9.17) is 4.74 Å². The highest BCUT2D eigenvalue weighted by Crippen LogP contribution is 2.45. The van der Waals surface area contributed by atoms with Crippen molar-refractivity contribution >= 4 is 22.7 Å². The Labute approximate surface area is 227 Å². The van der Waals surface area contributed by atoms with Gasteiger partial charge in [0.1, 0.15) is 12.3 Å². The van der Waals surface area contributed by atoms with Gasteiger partial charge in [-0.1, -0.05) is 78.9 Å². The molecule has 194 valence electrons. The molecule has 0 spiro atoms. The number of rotatable bonds is 8. The second kappa shape index (κ2) is 10.5. The maximum Gasteiger partial charge on any atom is 0.255 e. The zero-order chi connectivity index (χ0) is 26.8. The summed E-state index contributed by atoms with van der Waals surface area (Å²) in [6.07, 6.45) is 0.729. The molecule has 6 rings (SSSR count). The van der Waals surface area contributed by atoms with Crippen molar-refractivity contribution in [2.75, 3.05) is 20.2 Å². The van der Waals surface area contributed by atoms with E-state index < -0.39 is 6.04 Å². The molecule has 4 aromatic carbocycles. The van der Waals surface area contributed by atoms with Gasteiger partial charge in [-0.05, 0) is 41.8 Å². The molecule has 1 aliphatic rings. The topological polar surface area (TPSA) is 74.4 Å². The molecule has 0 radical (unpaired) electrons. The van der Waals surface area contributed by atoms with Gasteiger partial charge in [-0.15, -0.1) is 0 Å². The summed E-state index contributed by atoms with van der Waals surface area (Å²) in [7, 11) is 1.65. The van der Waals surface area contributed by atoms with E-state index >= 15 is 0 Å². The van der Waals surface area contributed by atoms with Crippen molar-refractivity contribution in [2.24, 2.45) is 0 Å². The molecule has 1 aliphatic heterocycles. The first-order chi connectivity index (χ1) is 19.1. The van der Waals surface area contributed by atoms with E-state index in [0.29, 0.717) is 12.1 Å². The molecular formula is C33H29N3O3. The van der Waals surface area contributed by atoms with Gasteiger partial charge < -0.3 is 19.9 Å². The van der Waals surface area contributed by atoms with E-state index in [1.165, 1.54) is 0 Å². The van der Waals surface area contributed by atoms with Crippen LogP contribution < -0.4 is 10.1 Å². The summed E-state index contributed by atoms with van der Waals surface area (Å²) in [5, 5.41) is 4.03. The highest BCUT2D eigenvalue weighted by Gasteiger charge is 2.41. The van der Waals surface area contributed by atoms with Gasteiger partial charge in [0.2, 0.25) is 5.91 Å². The largest absolute Gasteiger partial charge is 0.497 e. The second-order valence-electron chi connectivity index (χ2n) is 9.70. The van der Waals surface area contributed by atoms with Crippen LogP contribution in [0.3, 0.4) is 0 Å². The van der Waals surface area contributed by atoms with E-state index in [1.807, 2.05) is 97.1 Å². The predicted octanol–water partition coefficient (Wildman–Crippen LogP) is 5.75. The van der Waals surface area contributed by atoms with Crippen LogP contribution in [0.1, 0.15) is 33.1 Å². The first-order valence-electron chi connectivity index (χ1n) is 13.1. The zero-order valence-corrected chi connectivity index (χ0v) is 21.7. The molecule has 5 aromatic rings. The lowest BCUT2D eigenvalue weighted by atomic mass is 9.93. The average Bonchev–Trinajstić information content (AvgIpc) is 3.48. The highest BCUT2D eigenvalue weighted by molar-refractivity contribution is 6.03. The maximum atomic E-state index is 13.7. The number of aromatic nitrogens is 1. The lowest BCUT2D eigenvalue weighted by Gasteiger charge is -2.26. The summed E-state index contributed by atoms with van der Waals surface area (Å²) in [6.45, 7) is 0.467. The van der Waals surface area contributed by atoms with Crippen LogP contribution in [0.25, 0.3) is 22.2 Å². The first-order valence-corrected chi connectivity index (χ1v) is 13.1. The number of hydrogen-bond acceptors (Lipinski definition) is 3. The Morgan fingerprint density at radius 3 is 2.54 bits per heavy atom. The van der Waals surface area contributed by atoms with Crippen LogP contribution in [0.2, 0.25) is 0 Å². The number of carbonyl (C=O) groups is 2. The van der Waals surface area contributed by atoms with Crippen molar-refractivity contribution in [3.05, 3.63) is 125 Å². The van der Waals surface area contributed by atoms with Crippen LogP contribution in [0.4, 0.5) is 0 Å². The van der Waals surface area contributed by atoms with Gasteiger partial charge in [-0.25, -0.2) is 0 Å². The fraction of sp³-hybridized carbons (Fsp3) is 0.152. The van der Waals surface area contributed by atoms with Crippen molar-refractivity contribution in [3.63, 3.8) is 0 Å². The monoisotopic (exact) mass is 515 g/mol. The fourth-order valence-corrected chi connectivity index (χ4v) is 5.50.